The first kappa shape index (κ1) is 30.1. The Labute approximate surface area is 261 Å². The summed E-state index contributed by atoms with van der Waals surface area (Å²) in [5.74, 6) is 0.296. The molecule has 43 heavy (non-hydrogen) atoms. The van der Waals surface area contributed by atoms with Crippen LogP contribution in [0.5, 0.6) is 0 Å². The molecule has 2 aliphatic carbocycles. The van der Waals surface area contributed by atoms with E-state index in [9.17, 15) is 9.59 Å². The minimum Gasteiger partial charge on any atom is -0.461 e. The number of aryl methyl sites for hydroxylation is 1. The fourth-order valence-electron chi connectivity index (χ4n) is 6.55. The third-order valence-corrected chi connectivity index (χ3v) is 11.3. The van der Waals surface area contributed by atoms with Crippen molar-refractivity contribution < 1.29 is 14.3 Å². The van der Waals surface area contributed by atoms with Gasteiger partial charge in [-0.25, -0.2) is 4.79 Å². The summed E-state index contributed by atoms with van der Waals surface area (Å²) >= 11 is 13.6. The summed E-state index contributed by atoms with van der Waals surface area (Å²) in [7, 11) is 0.612. The topological polar surface area (TPSA) is 93.2 Å². The predicted molar refractivity (Wildman–Crippen MR) is 170 cm³/mol. The van der Waals surface area contributed by atoms with Crippen molar-refractivity contribution >= 4 is 48.1 Å². The number of carbonyl (C=O) groups is 1. The van der Waals surface area contributed by atoms with E-state index in [1.807, 2.05) is 29.8 Å². The van der Waals surface area contributed by atoms with Crippen LogP contribution in [0.25, 0.3) is 16.6 Å². The van der Waals surface area contributed by atoms with Gasteiger partial charge in [0.05, 0.1) is 22.1 Å². The highest BCUT2D eigenvalue weighted by Gasteiger charge is 2.63. The van der Waals surface area contributed by atoms with Crippen molar-refractivity contribution in [2.75, 3.05) is 13.2 Å². The number of carbonyl (C=O) groups excluding carboxylic acids is 1. The molecular formula is C31H37Cl2N5O4Si. The van der Waals surface area contributed by atoms with Gasteiger partial charge in [-0.3, -0.25) is 9.36 Å². The monoisotopic (exact) mass is 641 g/mol. The highest BCUT2D eigenvalue weighted by atomic mass is 35.5. The van der Waals surface area contributed by atoms with Crippen LogP contribution in [0.2, 0.25) is 35.7 Å². The molecular weight excluding hydrogens is 605 g/mol. The van der Waals surface area contributed by atoms with Crippen LogP contribution in [0.15, 0.2) is 41.6 Å². The number of esters is 1. The summed E-state index contributed by atoms with van der Waals surface area (Å²) in [6.07, 6.45) is 7.78. The van der Waals surface area contributed by atoms with Gasteiger partial charge in [0.1, 0.15) is 30.1 Å². The minimum atomic E-state index is -1.36. The Hall–Kier alpha value is -2.92. The molecule has 2 aliphatic rings. The SMILES string of the molecule is CCOC(=O)c1c(Cl)c2c(Cl)cn(-c3cccc(C4(c5nncn5C)CC5(CC5)C4)c3)c(=O)c2n1COCC[Si](C)(C)C. The van der Waals surface area contributed by atoms with E-state index in [1.54, 1.807) is 19.4 Å². The van der Waals surface area contributed by atoms with Gasteiger partial charge in [0, 0.05) is 39.0 Å². The lowest BCUT2D eigenvalue weighted by atomic mass is 9.56. The number of hydrogen-bond donors (Lipinski definition) is 0. The molecule has 1 aromatic carbocycles. The van der Waals surface area contributed by atoms with E-state index in [1.165, 1.54) is 22.0 Å². The van der Waals surface area contributed by atoms with Gasteiger partial charge in [-0.15, -0.1) is 10.2 Å². The van der Waals surface area contributed by atoms with Crippen LogP contribution in [0, 0.1) is 5.41 Å². The van der Waals surface area contributed by atoms with Crippen LogP contribution in [0.1, 0.15) is 54.5 Å². The average molecular weight is 643 g/mol. The van der Waals surface area contributed by atoms with Gasteiger partial charge in [0.25, 0.3) is 5.56 Å². The van der Waals surface area contributed by atoms with Crippen molar-refractivity contribution in [1.29, 1.82) is 0 Å². The average Bonchev–Trinajstić information content (AvgIpc) is 3.51. The third-order valence-electron chi connectivity index (χ3n) is 8.92. The summed E-state index contributed by atoms with van der Waals surface area (Å²) in [5.41, 5.74) is 1.74. The van der Waals surface area contributed by atoms with Gasteiger partial charge >= 0.3 is 5.97 Å². The molecule has 12 heteroatoms. The molecule has 0 unspecified atom stereocenters. The zero-order chi connectivity index (χ0) is 30.7. The molecule has 0 N–H and O–H groups in total. The van der Waals surface area contributed by atoms with E-state index in [-0.39, 0.29) is 45.6 Å². The van der Waals surface area contributed by atoms with Crippen molar-refractivity contribution in [3.63, 3.8) is 0 Å². The Morgan fingerprint density at radius 1 is 1.16 bits per heavy atom. The Morgan fingerprint density at radius 3 is 2.53 bits per heavy atom. The second-order valence-electron chi connectivity index (χ2n) is 13.3. The van der Waals surface area contributed by atoms with E-state index in [0.717, 1.165) is 30.3 Å². The first-order valence-corrected chi connectivity index (χ1v) is 19.2. The zero-order valence-corrected chi connectivity index (χ0v) is 27.8. The maximum atomic E-state index is 14.3. The Morgan fingerprint density at radius 2 is 1.91 bits per heavy atom. The number of hydrogen-bond acceptors (Lipinski definition) is 6. The highest BCUT2D eigenvalue weighted by Crippen LogP contribution is 2.70. The number of halogens is 2. The fraction of sp³-hybridized carbons (Fsp3) is 0.484. The number of benzene rings is 1. The number of pyridine rings is 1. The molecule has 9 nitrogen and oxygen atoms in total. The van der Waals surface area contributed by atoms with Gasteiger partial charge in [0.15, 0.2) is 0 Å². The molecule has 2 saturated carbocycles. The van der Waals surface area contributed by atoms with Crippen molar-refractivity contribution in [3.05, 3.63) is 74.3 Å². The first-order valence-electron chi connectivity index (χ1n) is 14.7. The zero-order valence-electron chi connectivity index (χ0n) is 25.2. The fourth-order valence-corrected chi connectivity index (χ4v) is 8.01. The molecule has 0 atom stereocenters. The summed E-state index contributed by atoms with van der Waals surface area (Å²) < 4.78 is 16.4. The second-order valence-corrected chi connectivity index (χ2v) is 19.7. The summed E-state index contributed by atoms with van der Waals surface area (Å²) in [6, 6.07) is 8.92. The molecule has 0 radical (unpaired) electrons. The standard InChI is InChI=1S/C31H37Cl2N5O4Si/c1-6-42-28(40)26-24(33)23-22(32)15-37(27(39)25(23)38(26)19-41-12-13-43(3,4)5)21-9-7-8-20(14-21)31(16-30(17-31)10-11-30)29-35-34-18-36(29)2/h7-9,14-15,18H,6,10-13,16-17,19H2,1-5H3. The van der Waals surface area contributed by atoms with Crippen LogP contribution in [0.3, 0.4) is 0 Å². The maximum Gasteiger partial charge on any atom is 0.356 e. The minimum absolute atomic E-state index is 0.0329. The van der Waals surface area contributed by atoms with Crippen molar-refractivity contribution in [1.82, 2.24) is 23.9 Å². The number of fused-ring (bicyclic) bond motifs is 1. The summed E-state index contributed by atoms with van der Waals surface area (Å²) in [5, 5.41) is 9.32. The molecule has 1 spiro atoms. The Balaban J connectivity index is 1.47. The van der Waals surface area contributed by atoms with Crippen molar-refractivity contribution in [2.45, 2.75) is 70.4 Å². The predicted octanol–water partition coefficient (Wildman–Crippen LogP) is 6.58. The molecule has 0 saturated heterocycles. The van der Waals surface area contributed by atoms with Crippen LogP contribution in [-0.2, 0) is 28.7 Å². The summed E-state index contributed by atoms with van der Waals surface area (Å²) in [6.45, 7) is 9.13. The molecule has 0 bridgehead atoms. The molecule has 228 valence electrons. The molecule has 3 heterocycles. The van der Waals surface area contributed by atoms with Crippen molar-refractivity contribution in [2.24, 2.45) is 12.5 Å². The van der Waals surface area contributed by atoms with Crippen LogP contribution in [0.4, 0.5) is 0 Å². The molecule has 4 aromatic rings. The molecule has 0 aliphatic heterocycles. The molecule has 2 fully saturated rings. The van der Waals surface area contributed by atoms with Gasteiger partial charge in [-0.05, 0) is 61.8 Å². The van der Waals surface area contributed by atoms with E-state index in [4.69, 9.17) is 32.7 Å². The molecule has 6 rings (SSSR count). The van der Waals surface area contributed by atoms with Gasteiger partial charge in [-0.2, -0.15) is 0 Å². The third kappa shape index (κ3) is 5.26. The van der Waals surface area contributed by atoms with Gasteiger partial charge in [0.2, 0.25) is 0 Å². The van der Waals surface area contributed by atoms with Crippen LogP contribution in [-0.4, -0.2) is 51.2 Å². The summed E-state index contributed by atoms with van der Waals surface area (Å²) in [4.78, 5) is 27.4. The largest absolute Gasteiger partial charge is 0.461 e. The van der Waals surface area contributed by atoms with Crippen LogP contribution < -0.4 is 5.56 Å². The lowest BCUT2D eigenvalue weighted by molar-refractivity contribution is 0.0478. The number of nitrogens with zero attached hydrogens (tertiary/aromatic N) is 5. The van der Waals surface area contributed by atoms with Crippen molar-refractivity contribution in [3.8, 4) is 5.69 Å². The Bertz CT molecular complexity index is 1770. The lowest BCUT2D eigenvalue weighted by Gasteiger charge is -2.48. The number of aromatic nitrogens is 5. The molecule has 0 amide bonds. The molecule has 3 aromatic heterocycles. The number of rotatable bonds is 10. The van der Waals surface area contributed by atoms with E-state index in [2.05, 4.69) is 35.9 Å². The number of ether oxygens (including phenoxy) is 2. The Kier molecular flexibility index (Phi) is 7.64. The van der Waals surface area contributed by atoms with E-state index in [0.29, 0.717) is 23.1 Å². The smallest absolute Gasteiger partial charge is 0.356 e. The maximum absolute atomic E-state index is 14.3. The first-order chi connectivity index (χ1) is 20.4. The van der Waals surface area contributed by atoms with Crippen LogP contribution >= 0.6 is 23.2 Å². The van der Waals surface area contributed by atoms with Gasteiger partial charge in [-0.1, -0.05) is 55.0 Å². The lowest BCUT2D eigenvalue weighted by Crippen LogP contribution is -2.45. The highest BCUT2D eigenvalue weighted by molar-refractivity contribution is 6.76. The quantitative estimate of drug-likeness (QED) is 0.110. The van der Waals surface area contributed by atoms with E-state index < -0.39 is 14.0 Å². The normalized spacial score (nSPS) is 16.9. The second kappa shape index (κ2) is 10.9. The van der Waals surface area contributed by atoms with Gasteiger partial charge < -0.3 is 18.6 Å². The van der Waals surface area contributed by atoms with E-state index >= 15 is 0 Å².